The Hall–Kier alpha value is -3.12. The summed E-state index contributed by atoms with van der Waals surface area (Å²) >= 11 is 6.02. The van der Waals surface area contributed by atoms with Gasteiger partial charge in [-0.3, -0.25) is 4.79 Å². The lowest BCUT2D eigenvalue weighted by molar-refractivity contribution is 0.102. The Morgan fingerprint density at radius 1 is 1.07 bits per heavy atom. The average molecular weight is 383 g/mol. The minimum absolute atomic E-state index is 0.265. The molecule has 0 aliphatic rings. The normalized spacial score (nSPS) is 10.4. The van der Waals surface area contributed by atoms with Crippen molar-refractivity contribution in [1.82, 2.24) is 9.97 Å². The predicted octanol–water partition coefficient (Wildman–Crippen LogP) is 4.75. The molecule has 138 valence electrons. The van der Waals surface area contributed by atoms with Gasteiger partial charge in [0.1, 0.15) is 5.75 Å². The van der Waals surface area contributed by atoms with Crippen molar-refractivity contribution in [3.05, 3.63) is 70.5 Å². The van der Waals surface area contributed by atoms with Crippen LogP contribution in [0.15, 0.2) is 48.8 Å². The molecule has 0 saturated heterocycles. The Balaban J connectivity index is 1.76. The number of hydrogen-bond donors (Lipinski definition) is 2. The Bertz CT molecular complexity index is 954. The number of hydrogen-bond acceptors (Lipinski definition) is 5. The fraction of sp³-hybridized carbons (Fsp3) is 0.150. The van der Waals surface area contributed by atoms with Crippen molar-refractivity contribution in [1.29, 1.82) is 0 Å². The Labute approximate surface area is 162 Å². The Morgan fingerprint density at radius 2 is 1.74 bits per heavy atom. The second-order valence-corrected chi connectivity index (χ2v) is 6.42. The molecule has 3 rings (SSSR count). The number of aromatic nitrogens is 2. The zero-order valence-corrected chi connectivity index (χ0v) is 16.0. The summed E-state index contributed by atoms with van der Waals surface area (Å²) in [7, 11) is 1.57. The van der Waals surface area contributed by atoms with E-state index < -0.39 is 0 Å². The highest BCUT2D eigenvalue weighted by Gasteiger charge is 2.12. The van der Waals surface area contributed by atoms with Crippen LogP contribution < -0.4 is 15.4 Å². The van der Waals surface area contributed by atoms with Crippen molar-refractivity contribution < 1.29 is 9.53 Å². The third-order valence-corrected chi connectivity index (χ3v) is 4.28. The average Bonchev–Trinajstić information content (AvgIpc) is 2.65. The molecule has 6 nitrogen and oxygen atoms in total. The van der Waals surface area contributed by atoms with E-state index in [-0.39, 0.29) is 5.91 Å². The molecular formula is C20H19ClN4O2. The van der Waals surface area contributed by atoms with Gasteiger partial charge in [-0.25, -0.2) is 9.97 Å². The molecule has 3 aromatic rings. The van der Waals surface area contributed by atoms with E-state index in [0.29, 0.717) is 28.0 Å². The molecule has 1 aromatic heterocycles. The number of aryl methyl sites for hydroxylation is 2. The van der Waals surface area contributed by atoms with E-state index in [1.807, 2.05) is 32.0 Å². The maximum absolute atomic E-state index is 12.5. The van der Waals surface area contributed by atoms with Crippen LogP contribution in [0.4, 0.5) is 17.3 Å². The number of benzene rings is 2. The smallest absolute Gasteiger partial charge is 0.258 e. The van der Waals surface area contributed by atoms with Crippen LogP contribution in [0, 0.1) is 13.8 Å². The second kappa shape index (κ2) is 8.05. The summed E-state index contributed by atoms with van der Waals surface area (Å²) in [4.78, 5) is 20.9. The third-order valence-electron chi connectivity index (χ3n) is 4.04. The number of carbonyl (C=O) groups excluding carboxylic acids is 1. The van der Waals surface area contributed by atoms with Gasteiger partial charge in [0.25, 0.3) is 5.91 Å². The van der Waals surface area contributed by atoms with Gasteiger partial charge in [0.2, 0.25) is 5.95 Å². The van der Waals surface area contributed by atoms with Crippen LogP contribution in [0.1, 0.15) is 21.5 Å². The first-order valence-electron chi connectivity index (χ1n) is 8.28. The van der Waals surface area contributed by atoms with Gasteiger partial charge in [-0.2, -0.15) is 0 Å². The molecule has 0 fully saturated rings. The van der Waals surface area contributed by atoms with Gasteiger partial charge < -0.3 is 15.4 Å². The number of rotatable bonds is 5. The fourth-order valence-electron chi connectivity index (χ4n) is 2.61. The molecular weight excluding hydrogens is 364 g/mol. The van der Waals surface area contributed by atoms with Crippen molar-refractivity contribution >= 4 is 34.8 Å². The molecule has 1 heterocycles. The van der Waals surface area contributed by atoms with Crippen molar-refractivity contribution in [3.8, 4) is 5.75 Å². The molecule has 7 heteroatoms. The molecule has 2 N–H and O–H groups in total. The van der Waals surface area contributed by atoms with Crippen LogP contribution in [-0.4, -0.2) is 23.0 Å². The van der Waals surface area contributed by atoms with Gasteiger partial charge >= 0.3 is 0 Å². The number of methoxy groups -OCH3 is 1. The molecule has 0 unspecified atom stereocenters. The molecule has 27 heavy (non-hydrogen) atoms. The van der Waals surface area contributed by atoms with Crippen molar-refractivity contribution in [3.63, 3.8) is 0 Å². The number of halogens is 1. The maximum Gasteiger partial charge on any atom is 0.258 e. The van der Waals surface area contributed by atoms with E-state index >= 15 is 0 Å². The monoisotopic (exact) mass is 382 g/mol. The summed E-state index contributed by atoms with van der Waals surface area (Å²) in [6.07, 6.45) is 2.94. The molecule has 0 aliphatic heterocycles. The quantitative estimate of drug-likeness (QED) is 0.665. The lowest BCUT2D eigenvalue weighted by Gasteiger charge is -2.12. The first-order valence-corrected chi connectivity index (χ1v) is 8.66. The Morgan fingerprint density at radius 3 is 2.37 bits per heavy atom. The lowest BCUT2D eigenvalue weighted by atomic mass is 10.1. The zero-order valence-electron chi connectivity index (χ0n) is 15.2. The topological polar surface area (TPSA) is 76.1 Å². The fourth-order valence-corrected chi connectivity index (χ4v) is 2.78. The van der Waals surface area contributed by atoms with E-state index in [1.54, 1.807) is 25.3 Å². The maximum atomic E-state index is 12.5. The van der Waals surface area contributed by atoms with Gasteiger partial charge in [-0.1, -0.05) is 29.8 Å². The molecule has 0 spiro atoms. The minimum Gasteiger partial charge on any atom is -0.495 e. The number of nitrogens with zero attached hydrogens (tertiary/aromatic N) is 2. The molecule has 0 atom stereocenters. The van der Waals surface area contributed by atoms with E-state index in [4.69, 9.17) is 16.3 Å². The molecule has 0 saturated carbocycles. The molecule has 0 aliphatic carbocycles. The van der Waals surface area contributed by atoms with Gasteiger partial charge in [0.15, 0.2) is 0 Å². The van der Waals surface area contributed by atoms with Crippen LogP contribution in [0.25, 0.3) is 0 Å². The summed E-state index contributed by atoms with van der Waals surface area (Å²) in [6, 6.07) is 11.0. The summed E-state index contributed by atoms with van der Waals surface area (Å²) < 4.78 is 5.28. The van der Waals surface area contributed by atoms with E-state index in [1.165, 1.54) is 12.4 Å². The molecule has 0 radical (unpaired) electrons. The van der Waals surface area contributed by atoms with Crippen LogP contribution in [0.3, 0.4) is 0 Å². The molecule has 1 amide bonds. The number of nitrogens with one attached hydrogen (secondary N) is 2. The number of carbonyl (C=O) groups is 1. The standard InChI is InChI=1S/C20H19ClN4O2/c1-12-5-4-6-13(2)18(12)25-19(26)14-10-22-20(23-11-14)24-16-9-15(21)7-8-17(16)27-3/h4-11H,1-3H3,(H,25,26)(H,22,23,24). The van der Waals surface area contributed by atoms with Gasteiger partial charge in [0, 0.05) is 23.1 Å². The van der Waals surface area contributed by atoms with Gasteiger partial charge in [0.05, 0.1) is 18.4 Å². The van der Waals surface area contributed by atoms with Gasteiger partial charge in [-0.15, -0.1) is 0 Å². The lowest BCUT2D eigenvalue weighted by Crippen LogP contribution is -2.14. The van der Waals surface area contributed by atoms with Crippen LogP contribution in [-0.2, 0) is 0 Å². The Kier molecular flexibility index (Phi) is 5.57. The number of ether oxygens (including phenoxy) is 1. The van der Waals surface area contributed by atoms with Crippen LogP contribution >= 0.6 is 11.6 Å². The first kappa shape index (κ1) is 18.7. The minimum atomic E-state index is -0.265. The number of amides is 1. The number of para-hydroxylation sites is 1. The molecule has 0 bridgehead atoms. The summed E-state index contributed by atoms with van der Waals surface area (Å²) in [5.74, 6) is 0.679. The summed E-state index contributed by atoms with van der Waals surface area (Å²) in [5, 5.41) is 6.51. The highest BCUT2D eigenvalue weighted by molar-refractivity contribution is 6.31. The predicted molar refractivity (Wildman–Crippen MR) is 107 cm³/mol. The van der Waals surface area contributed by atoms with Crippen LogP contribution in [0.5, 0.6) is 5.75 Å². The van der Waals surface area contributed by atoms with E-state index in [0.717, 1.165) is 16.8 Å². The van der Waals surface area contributed by atoms with Crippen molar-refractivity contribution in [2.75, 3.05) is 17.7 Å². The van der Waals surface area contributed by atoms with E-state index in [2.05, 4.69) is 20.6 Å². The molecule has 2 aromatic carbocycles. The summed E-state index contributed by atoms with van der Waals surface area (Å²) in [6.45, 7) is 3.90. The second-order valence-electron chi connectivity index (χ2n) is 5.99. The van der Waals surface area contributed by atoms with E-state index in [9.17, 15) is 4.79 Å². The SMILES string of the molecule is COc1ccc(Cl)cc1Nc1ncc(C(=O)Nc2c(C)cccc2C)cn1. The highest BCUT2D eigenvalue weighted by atomic mass is 35.5. The summed E-state index contributed by atoms with van der Waals surface area (Å²) in [5.41, 5.74) is 3.79. The van der Waals surface area contributed by atoms with Crippen molar-refractivity contribution in [2.45, 2.75) is 13.8 Å². The largest absolute Gasteiger partial charge is 0.495 e. The van der Waals surface area contributed by atoms with Gasteiger partial charge in [-0.05, 0) is 43.2 Å². The van der Waals surface area contributed by atoms with Crippen molar-refractivity contribution in [2.24, 2.45) is 0 Å². The zero-order chi connectivity index (χ0) is 19.4. The van der Waals surface area contributed by atoms with Crippen LogP contribution in [0.2, 0.25) is 5.02 Å². The first-order chi connectivity index (χ1) is 13.0. The highest BCUT2D eigenvalue weighted by Crippen LogP contribution is 2.29. The number of anilines is 3. The third kappa shape index (κ3) is 4.35.